The Morgan fingerprint density at radius 2 is 2.05 bits per heavy atom. The van der Waals surface area contributed by atoms with Crippen LogP contribution in [0.5, 0.6) is 5.75 Å². The molecule has 0 radical (unpaired) electrons. The van der Waals surface area contributed by atoms with E-state index < -0.39 is 0 Å². The zero-order valence-electron chi connectivity index (χ0n) is 10.7. The molecule has 0 atom stereocenters. The van der Waals surface area contributed by atoms with E-state index in [1.54, 1.807) is 30.5 Å². The van der Waals surface area contributed by atoms with Crippen molar-refractivity contribution >= 4 is 12.1 Å². The maximum Gasteiger partial charge on any atom is 0.150 e. The molecule has 0 aliphatic heterocycles. The van der Waals surface area contributed by atoms with Crippen LogP contribution in [0, 0.1) is 0 Å². The van der Waals surface area contributed by atoms with Gasteiger partial charge in [-0.2, -0.15) is 0 Å². The molecule has 0 unspecified atom stereocenters. The lowest BCUT2D eigenvalue weighted by molar-refractivity contribution is 0.112. The first kappa shape index (κ1) is 13.0. The number of nitrogens with zero attached hydrogens (tertiary/aromatic N) is 3. The minimum absolute atomic E-state index is 0.543. The lowest BCUT2D eigenvalue weighted by Crippen LogP contribution is -2.24. The van der Waals surface area contributed by atoms with Crippen molar-refractivity contribution in [1.29, 1.82) is 0 Å². The average Bonchev–Trinajstić information content (AvgIpc) is 2.49. The molecule has 0 amide bonds. The molecule has 1 heterocycles. The molecular weight excluding hydrogens is 242 g/mol. The standard InChI is InChI=1S/C14H15N3O2/c1-17(14-6-7-15-11-16-14)8-9-19-13-4-2-12(10-18)3-5-13/h2-7,10-11H,8-9H2,1H3. The molecule has 5 nitrogen and oxygen atoms in total. The second kappa shape index (κ2) is 6.49. The lowest BCUT2D eigenvalue weighted by Gasteiger charge is -2.17. The van der Waals surface area contributed by atoms with Crippen molar-refractivity contribution in [3.05, 3.63) is 48.4 Å². The molecule has 0 fully saturated rings. The Hall–Kier alpha value is -2.43. The molecule has 1 aromatic heterocycles. The molecule has 0 aliphatic rings. The van der Waals surface area contributed by atoms with Crippen molar-refractivity contribution in [2.45, 2.75) is 0 Å². The molecule has 2 aromatic rings. The minimum Gasteiger partial charge on any atom is -0.492 e. The van der Waals surface area contributed by atoms with E-state index in [-0.39, 0.29) is 0 Å². The largest absolute Gasteiger partial charge is 0.492 e. The fourth-order valence-corrected chi connectivity index (χ4v) is 1.57. The average molecular weight is 257 g/mol. The van der Waals surface area contributed by atoms with Gasteiger partial charge in [0.1, 0.15) is 30.8 Å². The predicted octanol–water partition coefficient (Wildman–Crippen LogP) is 1.80. The fourth-order valence-electron chi connectivity index (χ4n) is 1.57. The number of carbonyl (C=O) groups excluding carboxylic acids is 1. The van der Waals surface area contributed by atoms with E-state index in [9.17, 15) is 4.79 Å². The molecule has 2 rings (SSSR count). The molecule has 0 saturated heterocycles. The van der Waals surface area contributed by atoms with Crippen LogP contribution in [0.25, 0.3) is 0 Å². The summed E-state index contributed by atoms with van der Waals surface area (Å²) in [5.41, 5.74) is 0.644. The van der Waals surface area contributed by atoms with Crippen molar-refractivity contribution in [2.24, 2.45) is 0 Å². The maximum absolute atomic E-state index is 10.5. The van der Waals surface area contributed by atoms with Crippen molar-refractivity contribution in [1.82, 2.24) is 9.97 Å². The summed E-state index contributed by atoms with van der Waals surface area (Å²) in [4.78, 5) is 20.5. The van der Waals surface area contributed by atoms with Crippen LogP contribution in [-0.2, 0) is 0 Å². The van der Waals surface area contributed by atoms with E-state index in [0.29, 0.717) is 18.7 Å². The highest BCUT2D eigenvalue weighted by Crippen LogP contribution is 2.11. The summed E-state index contributed by atoms with van der Waals surface area (Å²) in [7, 11) is 1.95. The third kappa shape index (κ3) is 3.77. The topological polar surface area (TPSA) is 55.3 Å². The van der Waals surface area contributed by atoms with Gasteiger partial charge in [-0.1, -0.05) is 0 Å². The first-order chi connectivity index (χ1) is 9.29. The number of hydrogen-bond donors (Lipinski definition) is 0. The van der Waals surface area contributed by atoms with Gasteiger partial charge in [0.05, 0.1) is 6.54 Å². The predicted molar refractivity (Wildman–Crippen MR) is 72.6 cm³/mol. The van der Waals surface area contributed by atoms with E-state index in [2.05, 4.69) is 9.97 Å². The molecule has 0 spiro atoms. The van der Waals surface area contributed by atoms with Crippen molar-refractivity contribution < 1.29 is 9.53 Å². The van der Waals surface area contributed by atoms with Gasteiger partial charge in [-0.15, -0.1) is 0 Å². The van der Waals surface area contributed by atoms with E-state index in [4.69, 9.17) is 4.74 Å². The summed E-state index contributed by atoms with van der Waals surface area (Å²) in [5.74, 6) is 1.61. The van der Waals surface area contributed by atoms with Crippen LogP contribution in [-0.4, -0.2) is 36.5 Å². The Balaban J connectivity index is 1.81. The SMILES string of the molecule is CN(CCOc1ccc(C=O)cc1)c1ccncn1. The van der Waals surface area contributed by atoms with Gasteiger partial charge >= 0.3 is 0 Å². The Kier molecular flexibility index (Phi) is 4.44. The number of aromatic nitrogens is 2. The number of aldehydes is 1. The summed E-state index contributed by atoms with van der Waals surface area (Å²) in [6, 6.07) is 8.88. The van der Waals surface area contributed by atoms with Gasteiger partial charge in [0.15, 0.2) is 0 Å². The number of likely N-dealkylation sites (N-methyl/N-ethyl adjacent to an activating group) is 1. The Morgan fingerprint density at radius 1 is 1.26 bits per heavy atom. The van der Waals surface area contributed by atoms with Gasteiger partial charge in [-0.3, -0.25) is 4.79 Å². The number of ether oxygens (including phenoxy) is 1. The van der Waals surface area contributed by atoms with Crippen molar-refractivity contribution in [3.63, 3.8) is 0 Å². The van der Waals surface area contributed by atoms with Gasteiger partial charge in [-0.05, 0) is 30.3 Å². The third-order valence-electron chi connectivity index (χ3n) is 2.67. The summed E-state index contributed by atoms with van der Waals surface area (Å²) in [6.45, 7) is 1.26. The quantitative estimate of drug-likeness (QED) is 0.739. The minimum atomic E-state index is 0.543. The fraction of sp³-hybridized carbons (Fsp3) is 0.214. The zero-order valence-corrected chi connectivity index (χ0v) is 10.7. The van der Waals surface area contributed by atoms with Crippen LogP contribution in [0.15, 0.2) is 42.9 Å². The molecule has 1 aromatic carbocycles. The summed E-state index contributed by atoms with van der Waals surface area (Å²) in [5, 5.41) is 0. The Bertz CT molecular complexity index is 514. The first-order valence-electron chi connectivity index (χ1n) is 5.95. The Labute approximate surface area is 111 Å². The van der Waals surface area contributed by atoms with Crippen molar-refractivity contribution in [3.8, 4) is 5.75 Å². The number of benzene rings is 1. The number of carbonyl (C=O) groups is 1. The van der Waals surface area contributed by atoms with Crippen LogP contribution in [0.1, 0.15) is 10.4 Å². The lowest BCUT2D eigenvalue weighted by atomic mass is 10.2. The number of anilines is 1. The number of hydrogen-bond acceptors (Lipinski definition) is 5. The highest BCUT2D eigenvalue weighted by atomic mass is 16.5. The number of rotatable bonds is 6. The van der Waals surface area contributed by atoms with Gasteiger partial charge < -0.3 is 9.64 Å². The third-order valence-corrected chi connectivity index (χ3v) is 2.67. The molecule has 0 aliphatic carbocycles. The normalized spacial score (nSPS) is 9.95. The maximum atomic E-state index is 10.5. The van der Waals surface area contributed by atoms with E-state index in [0.717, 1.165) is 17.9 Å². The van der Waals surface area contributed by atoms with Crippen molar-refractivity contribution in [2.75, 3.05) is 25.1 Å². The van der Waals surface area contributed by atoms with Crippen LogP contribution in [0.4, 0.5) is 5.82 Å². The van der Waals surface area contributed by atoms with Crippen LogP contribution < -0.4 is 9.64 Å². The highest BCUT2D eigenvalue weighted by Gasteiger charge is 2.01. The van der Waals surface area contributed by atoms with Crippen LogP contribution in [0.3, 0.4) is 0 Å². The molecule has 0 bridgehead atoms. The zero-order chi connectivity index (χ0) is 13.5. The molecular formula is C14H15N3O2. The highest BCUT2D eigenvalue weighted by molar-refractivity contribution is 5.74. The Morgan fingerprint density at radius 3 is 2.68 bits per heavy atom. The van der Waals surface area contributed by atoms with Gasteiger partial charge in [-0.25, -0.2) is 9.97 Å². The van der Waals surface area contributed by atoms with Crippen LogP contribution >= 0.6 is 0 Å². The first-order valence-corrected chi connectivity index (χ1v) is 5.95. The van der Waals surface area contributed by atoms with Gasteiger partial charge in [0, 0.05) is 18.8 Å². The van der Waals surface area contributed by atoms with E-state index in [1.165, 1.54) is 6.33 Å². The monoisotopic (exact) mass is 257 g/mol. The van der Waals surface area contributed by atoms with Gasteiger partial charge in [0.2, 0.25) is 0 Å². The molecule has 98 valence electrons. The molecule has 0 saturated carbocycles. The second-order valence-electron chi connectivity index (χ2n) is 4.02. The summed E-state index contributed by atoms with van der Waals surface area (Å²) >= 11 is 0. The van der Waals surface area contributed by atoms with E-state index >= 15 is 0 Å². The van der Waals surface area contributed by atoms with E-state index in [1.807, 2.05) is 18.0 Å². The summed E-state index contributed by atoms with van der Waals surface area (Å²) < 4.78 is 5.60. The summed E-state index contributed by atoms with van der Waals surface area (Å²) in [6.07, 6.45) is 4.04. The van der Waals surface area contributed by atoms with Crippen LogP contribution in [0.2, 0.25) is 0 Å². The molecule has 0 N–H and O–H groups in total. The molecule has 19 heavy (non-hydrogen) atoms. The van der Waals surface area contributed by atoms with Gasteiger partial charge in [0.25, 0.3) is 0 Å². The smallest absolute Gasteiger partial charge is 0.150 e. The molecule has 5 heteroatoms. The second-order valence-corrected chi connectivity index (χ2v) is 4.02.